The maximum atomic E-state index is 13.4. The Labute approximate surface area is 185 Å². The summed E-state index contributed by atoms with van der Waals surface area (Å²) < 4.78 is 10.8. The highest BCUT2D eigenvalue weighted by molar-refractivity contribution is 6.00. The van der Waals surface area contributed by atoms with E-state index in [-0.39, 0.29) is 11.7 Å². The average molecular weight is 429 g/mol. The number of fused-ring (bicyclic) bond motifs is 1. The van der Waals surface area contributed by atoms with Crippen LogP contribution >= 0.6 is 0 Å². The number of methoxy groups -OCH3 is 1. The number of furan rings is 1. The minimum absolute atomic E-state index is 0.162. The Kier molecular flexibility index (Phi) is 4.74. The second-order valence-corrected chi connectivity index (χ2v) is 8.03. The SMILES string of the molecule is COc1ccc(C2c3c(-c4cc(C)cc(C)c4O)n[nH]c3C(=O)N2Cc2ccco2)cc1. The van der Waals surface area contributed by atoms with E-state index in [1.54, 1.807) is 24.3 Å². The van der Waals surface area contributed by atoms with Crippen LogP contribution in [0.5, 0.6) is 11.5 Å². The molecule has 0 aliphatic carbocycles. The third kappa shape index (κ3) is 3.13. The fourth-order valence-corrected chi connectivity index (χ4v) is 4.41. The molecule has 2 N–H and O–H groups in total. The molecule has 1 unspecified atom stereocenters. The van der Waals surface area contributed by atoms with Crippen molar-refractivity contribution in [2.45, 2.75) is 26.4 Å². The van der Waals surface area contributed by atoms with Crippen molar-refractivity contribution < 1.29 is 19.1 Å². The number of nitrogens with zero attached hydrogens (tertiary/aromatic N) is 2. The lowest BCUT2D eigenvalue weighted by atomic mass is 9.94. The summed E-state index contributed by atoms with van der Waals surface area (Å²) in [6.07, 6.45) is 1.60. The number of nitrogens with one attached hydrogen (secondary N) is 1. The van der Waals surface area contributed by atoms with Gasteiger partial charge in [0.15, 0.2) is 0 Å². The fraction of sp³-hybridized carbons (Fsp3) is 0.200. The topological polar surface area (TPSA) is 91.6 Å². The second kappa shape index (κ2) is 7.60. The van der Waals surface area contributed by atoms with Gasteiger partial charge in [-0.3, -0.25) is 9.89 Å². The fourth-order valence-electron chi connectivity index (χ4n) is 4.41. The molecule has 5 rings (SSSR count). The molecule has 0 spiro atoms. The number of hydrogen-bond donors (Lipinski definition) is 2. The van der Waals surface area contributed by atoms with Crippen LogP contribution in [0.15, 0.2) is 59.2 Å². The van der Waals surface area contributed by atoms with Crippen LogP contribution in [-0.4, -0.2) is 33.2 Å². The van der Waals surface area contributed by atoms with Gasteiger partial charge >= 0.3 is 0 Å². The normalized spacial score (nSPS) is 15.3. The third-order valence-corrected chi connectivity index (χ3v) is 5.90. The van der Waals surface area contributed by atoms with Crippen molar-refractivity contribution in [1.29, 1.82) is 0 Å². The third-order valence-electron chi connectivity index (χ3n) is 5.90. The van der Waals surface area contributed by atoms with Gasteiger partial charge in [-0.2, -0.15) is 5.10 Å². The number of amides is 1. The minimum atomic E-state index is -0.400. The lowest BCUT2D eigenvalue weighted by Gasteiger charge is -2.26. The van der Waals surface area contributed by atoms with Gasteiger partial charge in [-0.15, -0.1) is 0 Å². The Morgan fingerprint density at radius 1 is 1.19 bits per heavy atom. The molecule has 2 aromatic carbocycles. The summed E-state index contributed by atoms with van der Waals surface area (Å²) >= 11 is 0. The van der Waals surface area contributed by atoms with E-state index in [1.807, 2.05) is 56.3 Å². The van der Waals surface area contributed by atoms with Crippen LogP contribution < -0.4 is 4.74 Å². The Bertz CT molecular complexity index is 1290. The van der Waals surface area contributed by atoms with Gasteiger partial charge in [0, 0.05) is 11.1 Å². The van der Waals surface area contributed by atoms with E-state index in [1.165, 1.54) is 0 Å². The number of carbonyl (C=O) groups is 1. The van der Waals surface area contributed by atoms with E-state index in [0.717, 1.165) is 28.0 Å². The molecule has 7 heteroatoms. The molecule has 4 aromatic rings. The van der Waals surface area contributed by atoms with Crippen LogP contribution in [0.3, 0.4) is 0 Å². The standard InChI is InChI=1S/C25H23N3O4/c1-14-11-15(2)24(29)19(12-14)21-20-22(27-26-21)25(30)28(13-18-5-4-10-32-18)23(20)16-6-8-17(31-3)9-7-16/h4-12,23,29H,13H2,1-3H3,(H,26,27). The number of aromatic nitrogens is 2. The van der Waals surface area contributed by atoms with Crippen molar-refractivity contribution in [2.24, 2.45) is 0 Å². The van der Waals surface area contributed by atoms with Crippen LogP contribution in [0.2, 0.25) is 0 Å². The first-order valence-corrected chi connectivity index (χ1v) is 10.3. The summed E-state index contributed by atoms with van der Waals surface area (Å²) in [6.45, 7) is 4.13. The van der Waals surface area contributed by atoms with Crippen molar-refractivity contribution in [2.75, 3.05) is 7.11 Å². The van der Waals surface area contributed by atoms with Crippen LogP contribution in [0.1, 0.15) is 44.5 Å². The predicted octanol–water partition coefficient (Wildman–Crippen LogP) is 4.75. The molecule has 0 saturated carbocycles. The molecule has 1 aliphatic heterocycles. The van der Waals surface area contributed by atoms with E-state index < -0.39 is 6.04 Å². The van der Waals surface area contributed by atoms with Gasteiger partial charge in [-0.25, -0.2) is 0 Å². The second-order valence-electron chi connectivity index (χ2n) is 8.03. The molecule has 3 heterocycles. The van der Waals surface area contributed by atoms with Crippen LogP contribution in [0, 0.1) is 13.8 Å². The molecule has 1 aliphatic rings. The van der Waals surface area contributed by atoms with Crippen LogP contribution in [0.25, 0.3) is 11.3 Å². The molecule has 162 valence electrons. The average Bonchev–Trinajstić information content (AvgIpc) is 3.51. The van der Waals surface area contributed by atoms with E-state index in [9.17, 15) is 9.90 Å². The van der Waals surface area contributed by atoms with E-state index in [0.29, 0.717) is 29.3 Å². The van der Waals surface area contributed by atoms with E-state index in [2.05, 4.69) is 10.2 Å². The highest BCUT2D eigenvalue weighted by atomic mass is 16.5. The molecule has 7 nitrogen and oxygen atoms in total. The lowest BCUT2D eigenvalue weighted by molar-refractivity contribution is 0.0717. The number of aromatic amines is 1. The molecule has 0 fully saturated rings. The summed E-state index contributed by atoms with van der Waals surface area (Å²) in [5.74, 6) is 1.41. The summed E-state index contributed by atoms with van der Waals surface area (Å²) in [5, 5.41) is 18.2. The summed E-state index contributed by atoms with van der Waals surface area (Å²) in [5.41, 5.74) is 5.01. The number of rotatable bonds is 5. The van der Waals surface area contributed by atoms with Gasteiger partial charge in [0.2, 0.25) is 0 Å². The first-order valence-electron chi connectivity index (χ1n) is 10.3. The molecule has 0 saturated heterocycles. The monoisotopic (exact) mass is 429 g/mol. The number of H-pyrrole nitrogens is 1. The largest absolute Gasteiger partial charge is 0.507 e. The molecule has 1 atom stereocenters. The lowest BCUT2D eigenvalue weighted by Crippen LogP contribution is -2.28. The number of phenols is 1. The first kappa shape index (κ1) is 19.9. The van der Waals surface area contributed by atoms with Gasteiger partial charge < -0.3 is 19.2 Å². The molecular weight excluding hydrogens is 406 g/mol. The maximum Gasteiger partial charge on any atom is 0.273 e. The molecule has 0 radical (unpaired) electrons. The maximum absolute atomic E-state index is 13.4. The van der Waals surface area contributed by atoms with Crippen LogP contribution in [0.4, 0.5) is 0 Å². The van der Waals surface area contributed by atoms with E-state index in [4.69, 9.17) is 9.15 Å². The Morgan fingerprint density at radius 3 is 2.66 bits per heavy atom. The number of benzene rings is 2. The van der Waals surface area contributed by atoms with Gasteiger partial charge in [-0.1, -0.05) is 18.2 Å². The molecule has 32 heavy (non-hydrogen) atoms. The van der Waals surface area contributed by atoms with Crippen molar-refractivity contribution in [3.05, 3.63) is 88.5 Å². The zero-order chi connectivity index (χ0) is 22.4. The number of hydrogen-bond acceptors (Lipinski definition) is 5. The highest BCUT2D eigenvalue weighted by Gasteiger charge is 2.43. The predicted molar refractivity (Wildman–Crippen MR) is 119 cm³/mol. The van der Waals surface area contributed by atoms with Gasteiger partial charge in [0.25, 0.3) is 5.91 Å². The van der Waals surface area contributed by atoms with Gasteiger partial charge in [-0.05, 0) is 60.9 Å². The summed E-state index contributed by atoms with van der Waals surface area (Å²) in [7, 11) is 1.62. The summed E-state index contributed by atoms with van der Waals surface area (Å²) in [6, 6.07) is 14.7. The Morgan fingerprint density at radius 2 is 1.97 bits per heavy atom. The van der Waals surface area contributed by atoms with Crippen LogP contribution in [-0.2, 0) is 6.54 Å². The van der Waals surface area contributed by atoms with Gasteiger partial charge in [0.1, 0.15) is 28.6 Å². The number of carbonyl (C=O) groups excluding carboxylic acids is 1. The van der Waals surface area contributed by atoms with Crippen molar-refractivity contribution >= 4 is 5.91 Å². The first-order chi connectivity index (χ1) is 15.5. The number of ether oxygens (including phenoxy) is 1. The zero-order valence-corrected chi connectivity index (χ0v) is 18.0. The van der Waals surface area contributed by atoms with E-state index >= 15 is 0 Å². The Balaban J connectivity index is 1.69. The molecule has 1 amide bonds. The molecule has 0 bridgehead atoms. The molecule has 2 aromatic heterocycles. The smallest absolute Gasteiger partial charge is 0.273 e. The zero-order valence-electron chi connectivity index (χ0n) is 18.0. The minimum Gasteiger partial charge on any atom is -0.507 e. The van der Waals surface area contributed by atoms with Crippen molar-refractivity contribution in [1.82, 2.24) is 15.1 Å². The number of aryl methyl sites for hydroxylation is 2. The number of phenolic OH excluding ortho intramolecular Hbond substituents is 1. The number of aromatic hydroxyl groups is 1. The quantitative estimate of drug-likeness (QED) is 0.478. The Hall–Kier alpha value is -4.00. The summed E-state index contributed by atoms with van der Waals surface area (Å²) in [4.78, 5) is 15.2. The van der Waals surface area contributed by atoms with Crippen molar-refractivity contribution in [3.8, 4) is 22.8 Å². The highest BCUT2D eigenvalue weighted by Crippen LogP contribution is 2.46. The van der Waals surface area contributed by atoms with Crippen molar-refractivity contribution in [3.63, 3.8) is 0 Å². The molecular formula is C25H23N3O4. The van der Waals surface area contributed by atoms with Gasteiger partial charge in [0.05, 0.1) is 26.0 Å².